The highest BCUT2D eigenvalue weighted by atomic mass is 16.4. The maximum atomic E-state index is 12.4. The Labute approximate surface area is 206 Å². The molecule has 0 aromatic rings. The lowest BCUT2D eigenvalue weighted by molar-refractivity contribution is -0.176. The Hall–Kier alpha value is -1.13. The number of aliphatic hydroxyl groups excluding tert-OH is 2. The second-order valence-corrected chi connectivity index (χ2v) is 13.3. The van der Waals surface area contributed by atoms with Crippen molar-refractivity contribution in [3.05, 3.63) is 23.3 Å². The number of allylic oxidation sites excluding steroid dienone is 2. The van der Waals surface area contributed by atoms with E-state index in [0.717, 1.165) is 44.9 Å². The molecule has 4 rings (SSSR count). The van der Waals surface area contributed by atoms with Crippen LogP contribution >= 0.6 is 0 Å². The molecule has 3 N–H and O–H groups in total. The Kier molecular flexibility index (Phi) is 6.69. The SMILES string of the molecule is C=C(CCC(C)C1CCC2C3=C(CC(O)C21C)C1(C)CCC(O)C(C)(C(=O)O)C1CC3)C(C)C. The summed E-state index contributed by atoms with van der Waals surface area (Å²) in [5.74, 6) is 1.01. The zero-order chi connectivity index (χ0) is 25.2. The third-order valence-electron chi connectivity index (χ3n) is 11.6. The third kappa shape index (κ3) is 3.57. The number of aliphatic carboxylic acids is 1. The Bertz CT molecular complexity index is 873. The average molecular weight is 473 g/mol. The Morgan fingerprint density at radius 2 is 1.74 bits per heavy atom. The molecule has 0 radical (unpaired) electrons. The number of aliphatic hydroxyl groups is 2. The van der Waals surface area contributed by atoms with Gasteiger partial charge >= 0.3 is 5.97 Å². The summed E-state index contributed by atoms with van der Waals surface area (Å²) in [7, 11) is 0. The van der Waals surface area contributed by atoms with E-state index in [4.69, 9.17) is 0 Å². The minimum Gasteiger partial charge on any atom is -0.481 e. The predicted molar refractivity (Wildman–Crippen MR) is 136 cm³/mol. The van der Waals surface area contributed by atoms with Crippen molar-refractivity contribution in [2.75, 3.05) is 0 Å². The summed E-state index contributed by atoms with van der Waals surface area (Å²) >= 11 is 0. The van der Waals surface area contributed by atoms with Gasteiger partial charge in [0.15, 0.2) is 0 Å². The molecule has 0 aromatic heterocycles. The van der Waals surface area contributed by atoms with Crippen LogP contribution in [0, 0.1) is 45.8 Å². The molecule has 4 aliphatic carbocycles. The molecule has 4 heteroatoms. The van der Waals surface area contributed by atoms with Crippen molar-refractivity contribution in [2.24, 2.45) is 45.8 Å². The van der Waals surface area contributed by atoms with Gasteiger partial charge in [0.05, 0.1) is 17.6 Å². The fraction of sp³-hybridized carbons (Fsp3) is 0.833. The maximum Gasteiger partial charge on any atom is 0.312 e. The highest BCUT2D eigenvalue weighted by Crippen LogP contribution is 2.68. The number of carboxylic acid groups (broad SMARTS) is 1. The number of carbonyl (C=O) groups is 1. The van der Waals surface area contributed by atoms with E-state index in [1.54, 1.807) is 6.92 Å². The Morgan fingerprint density at radius 3 is 2.35 bits per heavy atom. The van der Waals surface area contributed by atoms with E-state index >= 15 is 0 Å². The first-order valence-electron chi connectivity index (χ1n) is 13.8. The first-order valence-corrected chi connectivity index (χ1v) is 13.8. The number of hydrogen-bond acceptors (Lipinski definition) is 3. The second-order valence-electron chi connectivity index (χ2n) is 13.3. The van der Waals surface area contributed by atoms with Crippen molar-refractivity contribution >= 4 is 5.97 Å². The minimum absolute atomic E-state index is 0.0882. The molecule has 9 unspecified atom stereocenters. The minimum atomic E-state index is -1.12. The Balaban J connectivity index is 1.64. The molecule has 192 valence electrons. The van der Waals surface area contributed by atoms with Crippen molar-refractivity contribution < 1.29 is 20.1 Å². The molecule has 0 heterocycles. The number of hydrogen-bond donors (Lipinski definition) is 3. The molecule has 34 heavy (non-hydrogen) atoms. The third-order valence-corrected chi connectivity index (χ3v) is 11.6. The molecule has 0 bridgehead atoms. The van der Waals surface area contributed by atoms with Crippen LogP contribution in [0.25, 0.3) is 0 Å². The molecule has 9 atom stereocenters. The van der Waals surface area contributed by atoms with Gasteiger partial charge in [-0.2, -0.15) is 0 Å². The van der Waals surface area contributed by atoms with Gasteiger partial charge in [-0.05, 0) is 99.7 Å². The smallest absolute Gasteiger partial charge is 0.312 e. The summed E-state index contributed by atoms with van der Waals surface area (Å²) in [5.41, 5.74) is 2.73. The van der Waals surface area contributed by atoms with E-state index in [0.29, 0.717) is 36.5 Å². The van der Waals surface area contributed by atoms with Gasteiger partial charge in [-0.1, -0.05) is 57.9 Å². The monoisotopic (exact) mass is 472 g/mol. The van der Waals surface area contributed by atoms with Crippen molar-refractivity contribution in [1.82, 2.24) is 0 Å². The summed E-state index contributed by atoms with van der Waals surface area (Å²) in [6.07, 6.45) is 7.05. The largest absolute Gasteiger partial charge is 0.481 e. The highest BCUT2D eigenvalue weighted by Gasteiger charge is 2.64. The first kappa shape index (κ1) is 25.9. The lowest BCUT2D eigenvalue weighted by Gasteiger charge is -2.60. The number of rotatable bonds is 6. The van der Waals surface area contributed by atoms with Crippen LogP contribution in [0.2, 0.25) is 0 Å². The molecule has 0 aromatic carbocycles. The normalized spacial score (nSPS) is 44.9. The molecule has 2 saturated carbocycles. The van der Waals surface area contributed by atoms with Gasteiger partial charge in [-0.15, -0.1) is 0 Å². The van der Waals surface area contributed by atoms with Crippen molar-refractivity contribution in [2.45, 2.75) is 112 Å². The van der Waals surface area contributed by atoms with Gasteiger partial charge < -0.3 is 15.3 Å². The zero-order valence-corrected chi connectivity index (χ0v) is 22.4. The topological polar surface area (TPSA) is 77.8 Å². The summed E-state index contributed by atoms with van der Waals surface area (Å²) < 4.78 is 0. The second kappa shape index (κ2) is 8.76. The van der Waals surface area contributed by atoms with Crippen LogP contribution < -0.4 is 0 Å². The van der Waals surface area contributed by atoms with Gasteiger partial charge in [-0.3, -0.25) is 4.79 Å². The first-order chi connectivity index (χ1) is 15.8. The van der Waals surface area contributed by atoms with E-state index in [-0.39, 0.29) is 16.7 Å². The quantitative estimate of drug-likeness (QED) is 0.393. The fourth-order valence-electron chi connectivity index (χ4n) is 9.11. The summed E-state index contributed by atoms with van der Waals surface area (Å²) in [6, 6.07) is 0. The maximum absolute atomic E-state index is 12.4. The van der Waals surface area contributed by atoms with Crippen molar-refractivity contribution in [1.29, 1.82) is 0 Å². The van der Waals surface area contributed by atoms with Gasteiger partial charge in [0.25, 0.3) is 0 Å². The lowest BCUT2D eigenvalue weighted by atomic mass is 9.45. The van der Waals surface area contributed by atoms with Crippen LogP contribution in [-0.4, -0.2) is 33.5 Å². The Morgan fingerprint density at radius 1 is 1.06 bits per heavy atom. The summed E-state index contributed by atoms with van der Waals surface area (Å²) in [6.45, 7) is 17.4. The van der Waals surface area contributed by atoms with Crippen LogP contribution in [0.15, 0.2) is 23.3 Å². The van der Waals surface area contributed by atoms with Crippen LogP contribution in [-0.2, 0) is 4.79 Å². The van der Waals surface area contributed by atoms with Gasteiger partial charge in [0, 0.05) is 5.41 Å². The van der Waals surface area contributed by atoms with Crippen LogP contribution in [0.1, 0.15) is 99.3 Å². The van der Waals surface area contributed by atoms with Crippen LogP contribution in [0.3, 0.4) is 0 Å². The molecule has 0 spiro atoms. The summed E-state index contributed by atoms with van der Waals surface area (Å²) in [4.78, 5) is 12.4. The molecule has 0 saturated heterocycles. The number of carboxylic acids is 1. The van der Waals surface area contributed by atoms with E-state index in [9.17, 15) is 20.1 Å². The molecular weight excluding hydrogens is 424 g/mol. The lowest BCUT2D eigenvalue weighted by Crippen LogP contribution is -2.59. The highest BCUT2D eigenvalue weighted by molar-refractivity contribution is 5.76. The molecule has 4 aliphatic rings. The molecule has 4 nitrogen and oxygen atoms in total. The van der Waals surface area contributed by atoms with Crippen molar-refractivity contribution in [3.8, 4) is 0 Å². The predicted octanol–water partition coefficient (Wildman–Crippen LogP) is 6.37. The van der Waals surface area contributed by atoms with Gasteiger partial charge in [-0.25, -0.2) is 0 Å². The zero-order valence-electron chi connectivity index (χ0n) is 22.4. The van der Waals surface area contributed by atoms with Gasteiger partial charge in [0.1, 0.15) is 0 Å². The van der Waals surface area contributed by atoms with E-state index in [1.807, 2.05) is 0 Å². The van der Waals surface area contributed by atoms with Crippen molar-refractivity contribution in [3.63, 3.8) is 0 Å². The molecule has 0 aliphatic heterocycles. The molecule has 2 fully saturated rings. The molecule has 0 amide bonds. The fourth-order valence-corrected chi connectivity index (χ4v) is 9.11. The van der Waals surface area contributed by atoms with Crippen LogP contribution in [0.5, 0.6) is 0 Å². The van der Waals surface area contributed by atoms with Crippen LogP contribution in [0.4, 0.5) is 0 Å². The van der Waals surface area contributed by atoms with E-state index in [1.165, 1.54) is 16.7 Å². The van der Waals surface area contributed by atoms with E-state index < -0.39 is 23.6 Å². The average Bonchev–Trinajstić information content (AvgIpc) is 3.14. The standard InChI is InChI=1S/C30H48O4/c1-17(2)18(3)8-9-19(4)21-11-12-22-20-10-13-24-28(5,23(20)16-26(32)29(21,22)6)15-14-25(31)30(24,7)27(33)34/h17,19,21-22,24-26,31-32H,3,8-16H2,1-2,4-7H3,(H,33,34). The van der Waals surface area contributed by atoms with E-state index in [2.05, 4.69) is 41.2 Å². The summed E-state index contributed by atoms with van der Waals surface area (Å²) in [5, 5.41) is 32.6. The number of fused-ring (bicyclic) bond motifs is 4. The molecular formula is C30H48O4. The van der Waals surface area contributed by atoms with Gasteiger partial charge in [0.2, 0.25) is 0 Å².